The minimum absolute atomic E-state index is 0.650. The van der Waals surface area contributed by atoms with Crippen LogP contribution in [0.5, 0.6) is 0 Å². The predicted octanol–water partition coefficient (Wildman–Crippen LogP) is 3.65. The third kappa shape index (κ3) is 3.04. The van der Waals surface area contributed by atoms with E-state index < -0.39 is 0 Å². The number of thioether (sulfide) groups is 1. The summed E-state index contributed by atoms with van der Waals surface area (Å²) in [6.45, 7) is 4.40. The van der Waals surface area contributed by atoms with Gasteiger partial charge in [0.15, 0.2) is 0 Å². The molecule has 1 N–H and O–H groups in total. The van der Waals surface area contributed by atoms with Crippen LogP contribution in [-0.4, -0.2) is 23.8 Å². The molecule has 0 atom stereocenters. The highest BCUT2D eigenvalue weighted by Gasteiger charge is 2.16. The molecular formula is C15H17ClN2S. The number of aryl methyl sites for hydroxylation is 1. The Labute approximate surface area is 122 Å². The molecule has 0 saturated carbocycles. The minimum Gasteiger partial charge on any atom is -0.316 e. The number of nitrogens with one attached hydrogen (secondary N) is 1. The van der Waals surface area contributed by atoms with Gasteiger partial charge in [-0.25, -0.2) is 4.98 Å². The van der Waals surface area contributed by atoms with Crippen LogP contribution < -0.4 is 5.32 Å². The molecular weight excluding hydrogens is 276 g/mol. The first-order valence-corrected chi connectivity index (χ1v) is 8.10. The van der Waals surface area contributed by atoms with Gasteiger partial charge < -0.3 is 5.32 Å². The molecule has 2 aromatic rings. The van der Waals surface area contributed by atoms with Crippen LogP contribution in [0.3, 0.4) is 0 Å². The summed E-state index contributed by atoms with van der Waals surface area (Å²) in [7, 11) is 0. The summed E-state index contributed by atoms with van der Waals surface area (Å²) in [4.78, 5) is 4.51. The van der Waals surface area contributed by atoms with Crippen LogP contribution in [0, 0.1) is 12.8 Å². The Morgan fingerprint density at radius 3 is 2.95 bits per heavy atom. The molecule has 4 heteroatoms. The van der Waals surface area contributed by atoms with Gasteiger partial charge in [0.05, 0.1) is 5.52 Å². The van der Waals surface area contributed by atoms with Gasteiger partial charge in [-0.05, 0) is 49.4 Å². The second-order valence-corrected chi connectivity index (χ2v) is 6.56. The minimum atomic E-state index is 0.650. The predicted molar refractivity (Wildman–Crippen MR) is 84.0 cm³/mol. The van der Waals surface area contributed by atoms with Crippen LogP contribution in [0.1, 0.15) is 11.1 Å². The second kappa shape index (κ2) is 5.70. The Morgan fingerprint density at radius 2 is 2.21 bits per heavy atom. The van der Waals surface area contributed by atoms with Crippen molar-refractivity contribution in [3.63, 3.8) is 0 Å². The second-order valence-electron chi connectivity index (χ2n) is 5.17. The molecule has 0 bridgehead atoms. The van der Waals surface area contributed by atoms with Crippen molar-refractivity contribution in [2.75, 3.05) is 18.8 Å². The van der Waals surface area contributed by atoms with E-state index in [1.54, 1.807) is 0 Å². The summed E-state index contributed by atoms with van der Waals surface area (Å²) >= 11 is 8.23. The van der Waals surface area contributed by atoms with Crippen LogP contribution in [0.25, 0.3) is 10.9 Å². The number of pyridine rings is 1. The zero-order valence-corrected chi connectivity index (χ0v) is 12.5. The van der Waals surface area contributed by atoms with Gasteiger partial charge in [-0.3, -0.25) is 0 Å². The highest BCUT2D eigenvalue weighted by Crippen LogP contribution is 2.26. The van der Waals surface area contributed by atoms with Gasteiger partial charge in [-0.2, -0.15) is 11.8 Å². The number of hydrogen-bond acceptors (Lipinski definition) is 3. The molecule has 0 unspecified atom stereocenters. The quantitative estimate of drug-likeness (QED) is 0.871. The van der Waals surface area contributed by atoms with Crippen molar-refractivity contribution >= 4 is 34.3 Å². The summed E-state index contributed by atoms with van der Waals surface area (Å²) in [5.41, 5.74) is 3.35. The van der Waals surface area contributed by atoms with Crippen LogP contribution in [0.15, 0.2) is 24.3 Å². The summed E-state index contributed by atoms with van der Waals surface area (Å²) in [6.07, 6.45) is 0. The van der Waals surface area contributed by atoms with Crippen molar-refractivity contribution in [2.45, 2.75) is 12.7 Å². The topological polar surface area (TPSA) is 24.9 Å². The molecule has 2 heterocycles. The number of fused-ring (bicyclic) bond motifs is 1. The van der Waals surface area contributed by atoms with Gasteiger partial charge in [0.25, 0.3) is 0 Å². The maximum absolute atomic E-state index is 6.28. The molecule has 0 aliphatic carbocycles. The Morgan fingerprint density at radius 1 is 1.37 bits per heavy atom. The van der Waals surface area contributed by atoms with Crippen LogP contribution >= 0.6 is 23.4 Å². The lowest BCUT2D eigenvalue weighted by Crippen LogP contribution is -2.43. The lowest BCUT2D eigenvalue weighted by molar-refractivity contribution is 0.385. The highest BCUT2D eigenvalue weighted by molar-refractivity contribution is 7.98. The van der Waals surface area contributed by atoms with Gasteiger partial charge in [0.1, 0.15) is 5.15 Å². The third-order valence-electron chi connectivity index (χ3n) is 3.48. The van der Waals surface area contributed by atoms with Crippen molar-refractivity contribution in [1.29, 1.82) is 0 Å². The fraction of sp³-hybridized carbons (Fsp3) is 0.400. The number of nitrogens with zero attached hydrogens (tertiary/aromatic N) is 1. The van der Waals surface area contributed by atoms with Crippen molar-refractivity contribution in [3.8, 4) is 0 Å². The lowest BCUT2D eigenvalue weighted by atomic mass is 10.1. The van der Waals surface area contributed by atoms with Gasteiger partial charge in [-0.1, -0.05) is 23.7 Å². The number of rotatable bonds is 4. The van der Waals surface area contributed by atoms with E-state index in [2.05, 4.69) is 41.5 Å². The van der Waals surface area contributed by atoms with E-state index in [1.807, 2.05) is 11.8 Å². The fourth-order valence-corrected chi connectivity index (χ4v) is 3.62. The molecule has 1 aliphatic heterocycles. The third-order valence-corrected chi connectivity index (χ3v) is 5.03. The Kier molecular flexibility index (Phi) is 3.96. The van der Waals surface area contributed by atoms with Gasteiger partial charge >= 0.3 is 0 Å². The van der Waals surface area contributed by atoms with E-state index in [0.29, 0.717) is 5.15 Å². The summed E-state index contributed by atoms with van der Waals surface area (Å²) in [5, 5.41) is 5.13. The van der Waals surface area contributed by atoms with Crippen molar-refractivity contribution < 1.29 is 0 Å². The Bertz CT molecular complexity index is 596. The molecule has 1 aliphatic rings. The van der Waals surface area contributed by atoms with Crippen LogP contribution in [0.2, 0.25) is 5.15 Å². The molecule has 0 spiro atoms. The van der Waals surface area contributed by atoms with Gasteiger partial charge in [0, 0.05) is 16.7 Å². The van der Waals surface area contributed by atoms with Gasteiger partial charge in [0.2, 0.25) is 0 Å². The largest absolute Gasteiger partial charge is 0.316 e. The van der Waals surface area contributed by atoms with E-state index in [9.17, 15) is 0 Å². The van der Waals surface area contributed by atoms with Crippen LogP contribution in [0.4, 0.5) is 0 Å². The molecule has 0 radical (unpaired) electrons. The molecule has 0 amide bonds. The number of halogens is 1. The molecule has 1 saturated heterocycles. The zero-order chi connectivity index (χ0) is 13.2. The SMILES string of the molecule is Cc1ccc2cc(CSCC3CNC3)c(Cl)nc2c1. The first-order valence-electron chi connectivity index (χ1n) is 6.56. The van der Waals surface area contributed by atoms with Gasteiger partial charge in [-0.15, -0.1) is 0 Å². The first-order chi connectivity index (χ1) is 9.22. The number of hydrogen-bond donors (Lipinski definition) is 1. The van der Waals surface area contributed by atoms with E-state index in [0.717, 1.165) is 35.8 Å². The summed E-state index contributed by atoms with van der Waals surface area (Å²) in [6, 6.07) is 8.50. The zero-order valence-electron chi connectivity index (χ0n) is 10.9. The first kappa shape index (κ1) is 13.2. The lowest BCUT2D eigenvalue weighted by Gasteiger charge is -2.26. The summed E-state index contributed by atoms with van der Waals surface area (Å²) < 4.78 is 0. The maximum Gasteiger partial charge on any atom is 0.133 e. The monoisotopic (exact) mass is 292 g/mol. The van der Waals surface area contributed by atoms with Crippen molar-refractivity contribution in [2.24, 2.45) is 5.92 Å². The smallest absolute Gasteiger partial charge is 0.133 e. The molecule has 3 rings (SSSR count). The average molecular weight is 293 g/mol. The normalized spacial score (nSPS) is 15.7. The van der Waals surface area contributed by atoms with E-state index in [4.69, 9.17) is 11.6 Å². The highest BCUT2D eigenvalue weighted by atomic mass is 35.5. The standard InChI is InChI=1S/C15H17ClN2S/c1-10-2-3-12-5-13(15(16)18-14(12)4-10)9-19-8-11-6-17-7-11/h2-5,11,17H,6-9H2,1H3. The number of aromatic nitrogens is 1. The van der Waals surface area contributed by atoms with E-state index >= 15 is 0 Å². The molecule has 1 aromatic heterocycles. The fourth-order valence-electron chi connectivity index (χ4n) is 2.20. The molecule has 2 nitrogen and oxygen atoms in total. The van der Waals surface area contributed by atoms with E-state index in [-0.39, 0.29) is 0 Å². The molecule has 1 fully saturated rings. The maximum atomic E-state index is 6.28. The van der Waals surface area contributed by atoms with E-state index in [1.165, 1.54) is 16.7 Å². The Balaban J connectivity index is 1.74. The van der Waals surface area contributed by atoms with Crippen molar-refractivity contribution in [3.05, 3.63) is 40.5 Å². The summed E-state index contributed by atoms with van der Waals surface area (Å²) in [5.74, 6) is 2.99. The van der Waals surface area contributed by atoms with Crippen molar-refractivity contribution in [1.82, 2.24) is 10.3 Å². The molecule has 19 heavy (non-hydrogen) atoms. The molecule has 1 aromatic carbocycles. The van der Waals surface area contributed by atoms with Crippen LogP contribution in [-0.2, 0) is 5.75 Å². The number of benzene rings is 1. The Hall–Kier alpha value is -0.770. The molecule has 100 valence electrons. The average Bonchev–Trinajstić information content (AvgIpc) is 2.32.